The fraction of sp³-hybridized carbons (Fsp3) is 0.875. The van der Waals surface area contributed by atoms with Crippen LogP contribution in [-0.4, -0.2) is 36.8 Å². The number of rotatable bonds is 2. The molecule has 0 spiro atoms. The second-order valence-electron chi connectivity index (χ2n) is 3.34. The quantitative estimate of drug-likeness (QED) is 0.405. The molecule has 0 fully saturated rings. The third-order valence-electron chi connectivity index (χ3n) is 1.87. The average Bonchev–Trinajstić information content (AvgIpc) is 1.97. The van der Waals surface area contributed by atoms with Crippen LogP contribution in [0.25, 0.3) is 0 Å². The fourth-order valence-corrected chi connectivity index (χ4v) is 0.630. The van der Waals surface area contributed by atoms with Crippen molar-refractivity contribution in [2.24, 2.45) is 4.99 Å². The second kappa shape index (κ2) is 4.30. The van der Waals surface area contributed by atoms with Crippen molar-refractivity contribution in [2.45, 2.75) is 32.4 Å². The number of nitrogens with one attached hydrogen (secondary N) is 2. The Kier molecular flexibility index (Phi) is 4.03. The molecule has 0 aliphatic rings. The van der Waals surface area contributed by atoms with Crippen LogP contribution >= 0.6 is 0 Å². The molecule has 0 rings (SSSR count). The molecular weight excluding hydrogens is 154 g/mol. The zero-order chi connectivity index (χ0) is 9.78. The summed E-state index contributed by atoms with van der Waals surface area (Å²) in [4.78, 5) is 3.94. The Labute approximate surface area is 74.1 Å². The molecule has 72 valence electrons. The molecule has 0 amide bonds. The number of nitrogens with zero attached hydrogens (tertiary/aromatic N) is 1. The van der Waals surface area contributed by atoms with Gasteiger partial charge in [-0.05, 0) is 20.8 Å². The van der Waals surface area contributed by atoms with E-state index in [2.05, 4.69) is 15.6 Å². The molecule has 0 heterocycles. The van der Waals surface area contributed by atoms with Crippen molar-refractivity contribution in [3.63, 3.8) is 0 Å². The maximum atomic E-state index is 9.58. The summed E-state index contributed by atoms with van der Waals surface area (Å²) in [7, 11) is 3.47. The monoisotopic (exact) mass is 173 g/mol. The summed E-state index contributed by atoms with van der Waals surface area (Å²) in [5.41, 5.74) is -0.743. The number of hydrogen-bond acceptors (Lipinski definition) is 2. The van der Waals surface area contributed by atoms with E-state index >= 15 is 0 Å². The van der Waals surface area contributed by atoms with Crippen molar-refractivity contribution in [3.05, 3.63) is 0 Å². The maximum Gasteiger partial charge on any atom is 0.191 e. The van der Waals surface area contributed by atoms with Crippen LogP contribution < -0.4 is 10.6 Å². The highest BCUT2D eigenvalue weighted by atomic mass is 16.3. The van der Waals surface area contributed by atoms with Gasteiger partial charge in [0.25, 0.3) is 0 Å². The van der Waals surface area contributed by atoms with Gasteiger partial charge in [-0.1, -0.05) is 0 Å². The number of aliphatic imine (C=N–C) groups is 1. The summed E-state index contributed by atoms with van der Waals surface area (Å²) in [6.45, 7) is 5.42. The largest absolute Gasteiger partial charge is 0.388 e. The molecule has 0 saturated heterocycles. The Morgan fingerprint density at radius 2 is 2.00 bits per heavy atom. The predicted octanol–water partition coefficient (Wildman–Crippen LogP) is -0.0594. The van der Waals surface area contributed by atoms with Gasteiger partial charge in [0.2, 0.25) is 0 Å². The lowest BCUT2D eigenvalue weighted by Gasteiger charge is -2.27. The van der Waals surface area contributed by atoms with Gasteiger partial charge in [0.1, 0.15) is 0 Å². The molecule has 3 N–H and O–H groups in total. The Hall–Kier alpha value is -0.770. The van der Waals surface area contributed by atoms with Crippen LogP contribution in [0.4, 0.5) is 0 Å². The first-order valence-corrected chi connectivity index (χ1v) is 4.05. The first-order valence-electron chi connectivity index (χ1n) is 4.05. The topological polar surface area (TPSA) is 56.7 Å². The highest BCUT2D eigenvalue weighted by Gasteiger charge is 2.22. The molecule has 0 aliphatic carbocycles. The van der Waals surface area contributed by atoms with Gasteiger partial charge < -0.3 is 15.7 Å². The van der Waals surface area contributed by atoms with E-state index in [1.54, 1.807) is 27.9 Å². The molecule has 1 unspecified atom stereocenters. The van der Waals surface area contributed by atoms with Gasteiger partial charge in [0.05, 0.1) is 11.6 Å². The van der Waals surface area contributed by atoms with Crippen molar-refractivity contribution in [3.8, 4) is 0 Å². The SMILES string of the molecule is CN=C(NC)NC(C)C(C)(C)O. The van der Waals surface area contributed by atoms with Crippen LogP contribution in [0.2, 0.25) is 0 Å². The lowest BCUT2D eigenvalue weighted by atomic mass is 10.0. The third-order valence-corrected chi connectivity index (χ3v) is 1.87. The number of hydrogen-bond donors (Lipinski definition) is 3. The van der Waals surface area contributed by atoms with Crippen molar-refractivity contribution in [1.29, 1.82) is 0 Å². The Balaban J connectivity index is 4.09. The Bertz CT molecular complexity index is 160. The number of aliphatic hydroxyl groups is 1. The molecule has 12 heavy (non-hydrogen) atoms. The van der Waals surface area contributed by atoms with E-state index in [0.29, 0.717) is 5.96 Å². The molecule has 0 aromatic carbocycles. The summed E-state index contributed by atoms with van der Waals surface area (Å²) >= 11 is 0. The van der Waals surface area contributed by atoms with Gasteiger partial charge in [-0.2, -0.15) is 0 Å². The van der Waals surface area contributed by atoms with E-state index < -0.39 is 5.60 Å². The van der Waals surface area contributed by atoms with Crippen molar-refractivity contribution in [1.82, 2.24) is 10.6 Å². The smallest absolute Gasteiger partial charge is 0.191 e. The first kappa shape index (κ1) is 11.2. The molecule has 0 aliphatic heterocycles. The maximum absolute atomic E-state index is 9.58. The minimum absolute atomic E-state index is 0.0383. The summed E-state index contributed by atoms with van der Waals surface area (Å²) in [5.74, 6) is 0.685. The van der Waals surface area contributed by atoms with Gasteiger partial charge in [-0.3, -0.25) is 4.99 Å². The highest BCUT2D eigenvalue weighted by molar-refractivity contribution is 5.79. The molecule has 4 nitrogen and oxygen atoms in total. The van der Waals surface area contributed by atoms with Crippen molar-refractivity contribution in [2.75, 3.05) is 14.1 Å². The van der Waals surface area contributed by atoms with Crippen molar-refractivity contribution >= 4 is 5.96 Å². The lowest BCUT2D eigenvalue weighted by molar-refractivity contribution is 0.0509. The highest BCUT2D eigenvalue weighted by Crippen LogP contribution is 2.06. The Morgan fingerprint density at radius 1 is 1.50 bits per heavy atom. The number of guanidine groups is 1. The van der Waals surface area contributed by atoms with Gasteiger partial charge >= 0.3 is 0 Å². The standard InChI is InChI=1S/C8H19N3O/c1-6(8(2,3)12)11-7(9-4)10-5/h6,12H,1-5H3,(H2,9,10,11). The average molecular weight is 173 g/mol. The summed E-state index contributed by atoms with van der Waals surface area (Å²) in [6, 6.07) is -0.0383. The molecule has 4 heteroatoms. The normalized spacial score (nSPS) is 15.7. The van der Waals surface area contributed by atoms with Crippen LogP contribution in [0.1, 0.15) is 20.8 Å². The molecule has 0 aromatic heterocycles. The van der Waals surface area contributed by atoms with E-state index in [-0.39, 0.29) is 6.04 Å². The van der Waals surface area contributed by atoms with Gasteiger partial charge in [-0.15, -0.1) is 0 Å². The third kappa shape index (κ3) is 3.57. The van der Waals surface area contributed by atoms with Gasteiger partial charge in [-0.25, -0.2) is 0 Å². The van der Waals surface area contributed by atoms with E-state index in [1.165, 1.54) is 0 Å². The summed E-state index contributed by atoms with van der Waals surface area (Å²) in [5, 5.41) is 15.5. The lowest BCUT2D eigenvalue weighted by Crippen LogP contribution is -2.50. The molecular formula is C8H19N3O. The molecule has 1 atom stereocenters. The minimum atomic E-state index is -0.743. The molecule has 0 saturated carbocycles. The molecule has 0 bridgehead atoms. The van der Waals surface area contributed by atoms with E-state index in [9.17, 15) is 5.11 Å². The second-order valence-corrected chi connectivity index (χ2v) is 3.34. The van der Waals surface area contributed by atoms with Crippen LogP contribution in [0.3, 0.4) is 0 Å². The zero-order valence-electron chi connectivity index (χ0n) is 8.47. The van der Waals surface area contributed by atoms with E-state index in [0.717, 1.165) is 0 Å². The van der Waals surface area contributed by atoms with Crippen LogP contribution in [0.15, 0.2) is 4.99 Å². The predicted molar refractivity (Wildman–Crippen MR) is 51.3 cm³/mol. The van der Waals surface area contributed by atoms with Crippen molar-refractivity contribution < 1.29 is 5.11 Å². The molecule has 0 aromatic rings. The van der Waals surface area contributed by atoms with Crippen LogP contribution in [-0.2, 0) is 0 Å². The first-order chi connectivity index (χ1) is 5.41. The van der Waals surface area contributed by atoms with Gasteiger partial charge in [0.15, 0.2) is 5.96 Å². The van der Waals surface area contributed by atoms with Gasteiger partial charge in [0, 0.05) is 14.1 Å². The summed E-state index contributed by atoms with van der Waals surface area (Å²) < 4.78 is 0. The van der Waals surface area contributed by atoms with E-state index in [4.69, 9.17) is 0 Å². The van der Waals surface area contributed by atoms with E-state index in [1.807, 2.05) is 6.92 Å². The fourth-order valence-electron chi connectivity index (χ4n) is 0.630. The molecule has 0 radical (unpaired) electrons. The summed E-state index contributed by atoms with van der Waals surface area (Å²) in [6.07, 6.45) is 0. The minimum Gasteiger partial charge on any atom is -0.388 e. The van der Waals surface area contributed by atoms with Crippen LogP contribution in [0, 0.1) is 0 Å². The van der Waals surface area contributed by atoms with Crippen LogP contribution in [0.5, 0.6) is 0 Å². The Morgan fingerprint density at radius 3 is 2.25 bits per heavy atom. The zero-order valence-corrected chi connectivity index (χ0v) is 8.47.